The minimum Gasteiger partial charge on any atom is -0.353 e. The monoisotopic (exact) mass is 450 g/mol. The summed E-state index contributed by atoms with van der Waals surface area (Å²) in [4.78, 5) is 0.502. The fraction of sp³-hybridized carbons (Fsp3) is 0.474. The first kappa shape index (κ1) is 20.9. The Morgan fingerprint density at radius 2 is 1.83 bits per heavy atom. The minimum absolute atomic E-state index is 0.0795. The number of fused-ring (bicyclic) bond motifs is 1. The Hall–Kier alpha value is -1.33. The molecule has 160 valence electrons. The molecule has 4 rings (SSSR count). The van der Waals surface area contributed by atoms with Crippen LogP contribution in [0, 0.1) is 0 Å². The Labute approximate surface area is 168 Å². The predicted octanol–water partition coefficient (Wildman–Crippen LogP) is 4.71. The highest BCUT2D eigenvalue weighted by atomic mass is 32.3. The van der Waals surface area contributed by atoms with Gasteiger partial charge in [0.25, 0.3) is 0 Å². The minimum atomic E-state index is -5.76. The number of rotatable bonds is 5. The van der Waals surface area contributed by atoms with E-state index in [9.17, 15) is 21.6 Å². The van der Waals surface area contributed by atoms with E-state index in [4.69, 9.17) is 13.1 Å². The summed E-state index contributed by atoms with van der Waals surface area (Å²) >= 11 is 0. The third-order valence-corrected chi connectivity index (χ3v) is 10.4. The van der Waals surface area contributed by atoms with Gasteiger partial charge >= 0.3 is 15.6 Å². The highest BCUT2D eigenvalue weighted by Crippen LogP contribution is 2.65. The van der Waals surface area contributed by atoms with E-state index in [-0.39, 0.29) is 11.5 Å². The molecular formula is C19H21F3O5S2. The van der Waals surface area contributed by atoms with Gasteiger partial charge in [-0.3, -0.25) is 0 Å². The standard InChI is InChI=1S/C19H21F3O5S2/c20-19(21,22)29(23,24)27-28(12-10-15(13-28)26-18-9-4-11-25-18)17-8-3-6-14-5-1-2-7-16(14)17/h1-3,5-8,15,18H,4,9-13H2. The Balaban J connectivity index is 1.74. The van der Waals surface area contributed by atoms with E-state index >= 15 is 0 Å². The lowest BCUT2D eigenvalue weighted by atomic mass is 10.1. The Kier molecular flexibility index (Phi) is 5.58. The molecule has 10 heteroatoms. The van der Waals surface area contributed by atoms with Gasteiger partial charge in [-0.25, -0.2) is 3.63 Å². The predicted molar refractivity (Wildman–Crippen MR) is 104 cm³/mol. The highest BCUT2D eigenvalue weighted by molar-refractivity contribution is 8.33. The van der Waals surface area contributed by atoms with Gasteiger partial charge < -0.3 is 9.47 Å². The topological polar surface area (TPSA) is 61.8 Å². The van der Waals surface area contributed by atoms with Crippen LogP contribution in [0.3, 0.4) is 0 Å². The van der Waals surface area contributed by atoms with Crippen molar-refractivity contribution in [1.82, 2.24) is 0 Å². The molecule has 0 saturated carbocycles. The Morgan fingerprint density at radius 1 is 1.07 bits per heavy atom. The lowest BCUT2D eigenvalue weighted by Crippen LogP contribution is -2.29. The van der Waals surface area contributed by atoms with Crippen LogP contribution in [0.5, 0.6) is 0 Å². The molecule has 0 radical (unpaired) electrons. The summed E-state index contributed by atoms with van der Waals surface area (Å²) in [6, 6.07) is 12.4. The zero-order chi connectivity index (χ0) is 20.7. The number of halogens is 3. The second-order valence-corrected chi connectivity index (χ2v) is 11.8. The van der Waals surface area contributed by atoms with E-state index in [0.29, 0.717) is 23.3 Å². The van der Waals surface area contributed by atoms with Crippen molar-refractivity contribution in [2.45, 2.75) is 42.1 Å². The summed E-state index contributed by atoms with van der Waals surface area (Å²) in [5.41, 5.74) is -5.48. The van der Waals surface area contributed by atoms with Gasteiger partial charge in [0, 0.05) is 29.4 Å². The maximum absolute atomic E-state index is 13.2. The van der Waals surface area contributed by atoms with Crippen molar-refractivity contribution in [2.75, 3.05) is 18.1 Å². The van der Waals surface area contributed by atoms with E-state index < -0.39 is 38.3 Å². The molecule has 5 nitrogen and oxygen atoms in total. The van der Waals surface area contributed by atoms with E-state index in [1.807, 2.05) is 18.2 Å². The first-order valence-corrected chi connectivity index (χ1v) is 12.6. The lowest BCUT2D eigenvalue weighted by Gasteiger charge is -2.36. The van der Waals surface area contributed by atoms with E-state index in [1.165, 1.54) is 0 Å². The summed E-state index contributed by atoms with van der Waals surface area (Å²) in [7, 11) is -8.54. The van der Waals surface area contributed by atoms with Crippen LogP contribution in [0.2, 0.25) is 0 Å². The molecule has 2 heterocycles. The molecule has 3 atom stereocenters. The molecule has 0 bridgehead atoms. The molecule has 0 aromatic heterocycles. The first-order valence-electron chi connectivity index (χ1n) is 9.26. The lowest BCUT2D eigenvalue weighted by molar-refractivity contribution is -0.136. The smallest absolute Gasteiger partial charge is 0.353 e. The van der Waals surface area contributed by atoms with Gasteiger partial charge in [-0.1, -0.05) is 46.7 Å². The molecule has 0 spiro atoms. The van der Waals surface area contributed by atoms with Gasteiger partial charge in [-0.05, 0) is 29.7 Å². The summed E-state index contributed by atoms with van der Waals surface area (Å²) in [6.07, 6.45) is 1.16. The van der Waals surface area contributed by atoms with Crippen molar-refractivity contribution in [3.05, 3.63) is 42.5 Å². The summed E-state index contributed by atoms with van der Waals surface area (Å²) < 4.78 is 79.9. The average molecular weight is 451 g/mol. The number of alkyl halides is 3. The van der Waals surface area contributed by atoms with Crippen LogP contribution in [-0.2, 0) is 23.2 Å². The quantitative estimate of drug-likeness (QED) is 0.618. The fourth-order valence-electron chi connectivity index (χ4n) is 3.79. The van der Waals surface area contributed by atoms with Crippen molar-refractivity contribution < 1.29 is 34.7 Å². The van der Waals surface area contributed by atoms with Crippen LogP contribution in [0.1, 0.15) is 19.3 Å². The summed E-state index contributed by atoms with van der Waals surface area (Å²) in [5.74, 6) is 0.254. The van der Waals surface area contributed by atoms with Gasteiger partial charge in [-0.2, -0.15) is 21.6 Å². The van der Waals surface area contributed by atoms with E-state index in [1.54, 1.807) is 24.3 Å². The van der Waals surface area contributed by atoms with Crippen LogP contribution >= 0.6 is 10.3 Å². The van der Waals surface area contributed by atoms with Crippen LogP contribution < -0.4 is 0 Å². The molecule has 2 aromatic rings. The number of ether oxygens (including phenoxy) is 2. The van der Waals surface area contributed by atoms with Crippen molar-refractivity contribution >= 4 is 31.2 Å². The van der Waals surface area contributed by atoms with Crippen molar-refractivity contribution in [1.29, 1.82) is 0 Å². The third-order valence-electron chi connectivity index (χ3n) is 5.11. The molecule has 29 heavy (non-hydrogen) atoms. The highest BCUT2D eigenvalue weighted by Gasteiger charge is 2.53. The van der Waals surface area contributed by atoms with Crippen LogP contribution in [0.25, 0.3) is 10.8 Å². The largest absolute Gasteiger partial charge is 0.523 e. The Bertz CT molecular complexity index is 983. The van der Waals surface area contributed by atoms with Crippen molar-refractivity contribution in [3.63, 3.8) is 0 Å². The van der Waals surface area contributed by atoms with E-state index in [2.05, 4.69) is 0 Å². The van der Waals surface area contributed by atoms with Gasteiger partial charge in [-0.15, -0.1) is 0 Å². The molecule has 3 unspecified atom stereocenters. The molecule has 0 N–H and O–H groups in total. The van der Waals surface area contributed by atoms with Crippen LogP contribution in [0.4, 0.5) is 13.2 Å². The molecule has 2 saturated heterocycles. The molecular weight excluding hydrogens is 429 g/mol. The van der Waals surface area contributed by atoms with Gasteiger partial charge in [0.1, 0.15) is 0 Å². The molecule has 2 aromatic carbocycles. The molecule has 2 fully saturated rings. The molecule has 2 aliphatic rings. The summed E-state index contributed by atoms with van der Waals surface area (Å²) in [5, 5.41) is 1.51. The van der Waals surface area contributed by atoms with Crippen LogP contribution in [0.15, 0.2) is 47.4 Å². The first-order chi connectivity index (χ1) is 13.7. The zero-order valence-corrected chi connectivity index (χ0v) is 17.1. The van der Waals surface area contributed by atoms with Gasteiger partial charge in [0.2, 0.25) is 0 Å². The fourth-order valence-corrected chi connectivity index (χ4v) is 9.23. The molecule has 2 aliphatic heterocycles. The normalized spacial score (nSPS) is 30.4. The second-order valence-electron chi connectivity index (χ2n) is 7.12. The van der Waals surface area contributed by atoms with Gasteiger partial charge in [0.15, 0.2) is 6.29 Å². The number of hydrogen-bond acceptors (Lipinski definition) is 5. The zero-order valence-electron chi connectivity index (χ0n) is 15.4. The SMILES string of the molecule is O=S(=O)(OS1(c2cccc3ccccc23)CCC(OC2CCCO2)C1)C(F)(F)F. The number of benzene rings is 2. The molecule has 0 aliphatic carbocycles. The van der Waals surface area contributed by atoms with Crippen LogP contribution in [-0.4, -0.2) is 44.4 Å². The second kappa shape index (κ2) is 7.73. The van der Waals surface area contributed by atoms with Crippen molar-refractivity contribution in [3.8, 4) is 0 Å². The third kappa shape index (κ3) is 4.13. The van der Waals surface area contributed by atoms with Crippen molar-refractivity contribution in [2.24, 2.45) is 0 Å². The Morgan fingerprint density at radius 3 is 2.55 bits per heavy atom. The van der Waals surface area contributed by atoms with E-state index in [0.717, 1.165) is 18.2 Å². The molecule has 0 amide bonds. The number of hydrogen-bond donors (Lipinski definition) is 0. The summed E-state index contributed by atoms with van der Waals surface area (Å²) in [6.45, 7) is 0.581. The maximum atomic E-state index is 13.2. The van der Waals surface area contributed by atoms with Gasteiger partial charge in [0.05, 0.1) is 6.10 Å². The maximum Gasteiger partial charge on any atom is 0.523 e. The average Bonchev–Trinajstić information content (AvgIpc) is 3.31.